The number of aryl methyl sites for hydroxylation is 1. The van der Waals surface area contributed by atoms with Crippen LogP contribution >= 0.6 is 11.6 Å². The summed E-state index contributed by atoms with van der Waals surface area (Å²) in [6, 6.07) is 18.9. The number of anilines is 1. The molecule has 1 aliphatic rings. The number of aliphatic hydroxyl groups excluding tert-OH is 1. The van der Waals surface area contributed by atoms with E-state index >= 15 is 0 Å². The Morgan fingerprint density at radius 3 is 2.50 bits per heavy atom. The highest BCUT2D eigenvalue weighted by Gasteiger charge is 2.47. The van der Waals surface area contributed by atoms with E-state index < -0.39 is 17.7 Å². The Balaban J connectivity index is 1.75. The molecule has 1 saturated heterocycles. The Bertz CT molecular complexity index is 1470. The van der Waals surface area contributed by atoms with Crippen LogP contribution in [0.1, 0.15) is 22.7 Å². The molecular weight excluding hydrogens is 452 g/mol. The van der Waals surface area contributed by atoms with Crippen molar-refractivity contribution in [2.45, 2.75) is 13.0 Å². The number of carbonyl (C=O) groups excluding carboxylic acids is 2. The number of aromatic amines is 1. The third kappa shape index (κ3) is 3.43. The molecule has 1 aliphatic heterocycles. The molecule has 1 aromatic heterocycles. The number of hydrogen-bond acceptors (Lipinski definition) is 4. The minimum atomic E-state index is -0.849. The number of hydrogen-bond donors (Lipinski definition) is 2. The smallest absolute Gasteiger partial charge is 0.300 e. The maximum Gasteiger partial charge on any atom is 0.300 e. The van der Waals surface area contributed by atoms with Crippen molar-refractivity contribution in [2.24, 2.45) is 0 Å². The Kier molecular flexibility index (Phi) is 5.38. The van der Waals surface area contributed by atoms with Gasteiger partial charge < -0.3 is 14.8 Å². The summed E-state index contributed by atoms with van der Waals surface area (Å²) in [6.45, 7) is 1.86. The van der Waals surface area contributed by atoms with Gasteiger partial charge in [0, 0.05) is 33.4 Å². The SMILES string of the molecule is COc1ccc(C2/C(=C(/O)c3c[nH]c4ccccc34)C(=O)C(=O)N2c2ccc(C)c(Cl)c2)cc1. The first-order valence-corrected chi connectivity index (χ1v) is 11.1. The molecule has 1 atom stereocenters. The largest absolute Gasteiger partial charge is 0.507 e. The van der Waals surface area contributed by atoms with Gasteiger partial charge in [0.05, 0.1) is 18.7 Å². The van der Waals surface area contributed by atoms with E-state index in [1.165, 1.54) is 4.90 Å². The molecule has 0 spiro atoms. The minimum Gasteiger partial charge on any atom is -0.507 e. The van der Waals surface area contributed by atoms with Gasteiger partial charge in [-0.15, -0.1) is 0 Å². The first kappa shape index (κ1) is 21.8. The monoisotopic (exact) mass is 472 g/mol. The number of ether oxygens (including phenoxy) is 1. The zero-order valence-corrected chi connectivity index (χ0v) is 19.3. The van der Waals surface area contributed by atoms with Crippen LogP contribution in [0.5, 0.6) is 5.75 Å². The molecule has 0 bridgehead atoms. The highest BCUT2D eigenvalue weighted by Crippen LogP contribution is 2.43. The molecule has 170 valence electrons. The molecule has 5 rings (SSSR count). The number of aromatic nitrogens is 1. The summed E-state index contributed by atoms with van der Waals surface area (Å²) in [4.78, 5) is 31.1. The fourth-order valence-electron chi connectivity index (χ4n) is 4.34. The van der Waals surface area contributed by atoms with Gasteiger partial charge in [-0.1, -0.05) is 48.0 Å². The third-order valence-electron chi connectivity index (χ3n) is 6.15. The summed E-state index contributed by atoms with van der Waals surface area (Å²) in [5.41, 5.74) is 3.24. The zero-order chi connectivity index (χ0) is 24.0. The number of carbonyl (C=O) groups is 2. The van der Waals surface area contributed by atoms with Crippen LogP contribution in [0.25, 0.3) is 16.7 Å². The highest BCUT2D eigenvalue weighted by atomic mass is 35.5. The van der Waals surface area contributed by atoms with Gasteiger partial charge in [0.1, 0.15) is 11.5 Å². The molecule has 0 aliphatic carbocycles. The van der Waals surface area contributed by atoms with Crippen LogP contribution in [-0.2, 0) is 9.59 Å². The van der Waals surface area contributed by atoms with Gasteiger partial charge in [-0.25, -0.2) is 0 Å². The van der Waals surface area contributed by atoms with Crippen molar-refractivity contribution >= 4 is 45.6 Å². The topological polar surface area (TPSA) is 82.6 Å². The standard InChI is InChI=1S/C27H21ClN2O4/c1-15-7-10-17(13-21(15)28)30-24(16-8-11-18(34-2)12-9-16)23(26(32)27(30)33)25(31)20-14-29-22-6-4-3-5-19(20)22/h3-14,24,29,31H,1-2H3/b25-23-. The highest BCUT2D eigenvalue weighted by molar-refractivity contribution is 6.52. The van der Waals surface area contributed by atoms with Crippen LogP contribution in [0.3, 0.4) is 0 Å². The lowest BCUT2D eigenvalue weighted by Crippen LogP contribution is -2.29. The number of fused-ring (bicyclic) bond motifs is 1. The molecule has 1 amide bonds. The van der Waals surface area contributed by atoms with Crippen molar-refractivity contribution in [3.63, 3.8) is 0 Å². The molecule has 0 saturated carbocycles. The minimum absolute atomic E-state index is 0.0108. The van der Waals surface area contributed by atoms with E-state index in [2.05, 4.69) is 4.98 Å². The molecule has 34 heavy (non-hydrogen) atoms. The maximum atomic E-state index is 13.3. The molecule has 7 heteroatoms. The second-order valence-corrected chi connectivity index (χ2v) is 8.53. The maximum absolute atomic E-state index is 13.3. The molecule has 1 unspecified atom stereocenters. The Hall–Kier alpha value is -4.03. The van der Waals surface area contributed by atoms with E-state index in [1.54, 1.807) is 55.8 Å². The Morgan fingerprint density at radius 2 is 1.79 bits per heavy atom. The molecule has 2 N–H and O–H groups in total. The van der Waals surface area contributed by atoms with E-state index in [4.69, 9.17) is 16.3 Å². The van der Waals surface area contributed by atoms with Crippen molar-refractivity contribution in [1.82, 2.24) is 4.98 Å². The predicted molar refractivity (Wildman–Crippen MR) is 132 cm³/mol. The summed E-state index contributed by atoms with van der Waals surface area (Å²) in [7, 11) is 1.56. The van der Waals surface area contributed by atoms with E-state index in [-0.39, 0.29) is 11.3 Å². The van der Waals surface area contributed by atoms with Crippen molar-refractivity contribution in [2.75, 3.05) is 12.0 Å². The molecule has 2 heterocycles. The Labute approximate surface area is 201 Å². The van der Waals surface area contributed by atoms with Gasteiger partial charge in [-0.3, -0.25) is 14.5 Å². The molecule has 4 aromatic rings. The molecular formula is C27H21ClN2O4. The van der Waals surface area contributed by atoms with Crippen LogP contribution in [0, 0.1) is 6.92 Å². The lowest BCUT2D eigenvalue weighted by Gasteiger charge is -2.26. The number of amides is 1. The Morgan fingerprint density at radius 1 is 1.06 bits per heavy atom. The lowest BCUT2D eigenvalue weighted by atomic mass is 9.95. The van der Waals surface area contributed by atoms with E-state index in [0.29, 0.717) is 27.6 Å². The van der Waals surface area contributed by atoms with Gasteiger partial charge >= 0.3 is 0 Å². The first-order chi connectivity index (χ1) is 16.4. The number of aliphatic hydroxyl groups is 1. The number of benzene rings is 3. The number of nitrogens with one attached hydrogen (secondary N) is 1. The molecule has 3 aromatic carbocycles. The summed E-state index contributed by atoms with van der Waals surface area (Å²) >= 11 is 6.35. The van der Waals surface area contributed by atoms with Crippen molar-refractivity contribution in [3.05, 3.63) is 100 Å². The van der Waals surface area contributed by atoms with E-state index in [9.17, 15) is 14.7 Å². The quantitative estimate of drug-likeness (QED) is 0.224. The van der Waals surface area contributed by atoms with Crippen LogP contribution in [0.2, 0.25) is 5.02 Å². The summed E-state index contributed by atoms with van der Waals surface area (Å²) < 4.78 is 5.27. The van der Waals surface area contributed by atoms with E-state index in [0.717, 1.165) is 16.5 Å². The molecule has 6 nitrogen and oxygen atoms in total. The van der Waals surface area contributed by atoms with Crippen LogP contribution in [0.15, 0.2) is 78.5 Å². The van der Waals surface area contributed by atoms with Gasteiger partial charge in [-0.2, -0.15) is 0 Å². The number of ketones is 1. The van der Waals surface area contributed by atoms with Crippen LogP contribution < -0.4 is 9.64 Å². The van der Waals surface area contributed by atoms with Crippen molar-refractivity contribution in [3.8, 4) is 5.75 Å². The normalized spacial score (nSPS) is 17.5. The summed E-state index contributed by atoms with van der Waals surface area (Å²) in [5.74, 6) is -1.10. The van der Waals surface area contributed by atoms with Crippen molar-refractivity contribution in [1.29, 1.82) is 0 Å². The van der Waals surface area contributed by atoms with Crippen molar-refractivity contribution < 1.29 is 19.4 Å². The summed E-state index contributed by atoms with van der Waals surface area (Å²) in [6.07, 6.45) is 1.64. The number of Topliss-reactive ketones (excluding diaryl/α,β-unsaturated/α-hetero) is 1. The van der Waals surface area contributed by atoms with Gasteiger partial charge in [0.2, 0.25) is 0 Å². The van der Waals surface area contributed by atoms with Gasteiger partial charge in [-0.05, 0) is 48.4 Å². The number of halogens is 1. The first-order valence-electron chi connectivity index (χ1n) is 10.7. The number of H-pyrrole nitrogens is 1. The van der Waals surface area contributed by atoms with E-state index in [1.807, 2.05) is 31.2 Å². The zero-order valence-electron chi connectivity index (χ0n) is 18.5. The average molecular weight is 473 g/mol. The predicted octanol–water partition coefficient (Wildman–Crippen LogP) is 5.76. The average Bonchev–Trinajstić information content (AvgIpc) is 3.40. The number of para-hydroxylation sites is 1. The number of rotatable bonds is 4. The lowest BCUT2D eigenvalue weighted by molar-refractivity contribution is -0.132. The van der Waals surface area contributed by atoms with Crippen LogP contribution in [0.4, 0.5) is 5.69 Å². The molecule has 1 fully saturated rings. The van der Waals surface area contributed by atoms with Gasteiger partial charge in [0.25, 0.3) is 11.7 Å². The molecule has 0 radical (unpaired) electrons. The second kappa shape index (κ2) is 8.39. The second-order valence-electron chi connectivity index (χ2n) is 8.12. The van der Waals surface area contributed by atoms with Gasteiger partial charge in [0.15, 0.2) is 0 Å². The third-order valence-corrected chi connectivity index (χ3v) is 6.56. The van der Waals surface area contributed by atoms with Crippen LogP contribution in [-0.4, -0.2) is 28.9 Å². The number of nitrogens with zero attached hydrogens (tertiary/aromatic N) is 1. The fourth-order valence-corrected chi connectivity index (χ4v) is 4.52. The fraction of sp³-hybridized carbons (Fsp3) is 0.111. The summed E-state index contributed by atoms with van der Waals surface area (Å²) in [5, 5.41) is 12.6. The number of methoxy groups -OCH3 is 1.